The molecule has 0 saturated carbocycles. The third-order valence-corrected chi connectivity index (χ3v) is 3.18. The highest BCUT2D eigenvalue weighted by Gasteiger charge is 2.09. The Labute approximate surface area is 104 Å². The summed E-state index contributed by atoms with van der Waals surface area (Å²) in [5.74, 6) is 1.70. The first kappa shape index (κ1) is 16.0. The van der Waals surface area contributed by atoms with E-state index in [-0.39, 0.29) is 0 Å². The predicted molar refractivity (Wildman–Crippen MR) is 74.9 cm³/mol. The van der Waals surface area contributed by atoms with Crippen molar-refractivity contribution in [2.24, 2.45) is 11.8 Å². The second-order valence-electron chi connectivity index (χ2n) is 6.20. The molecule has 0 saturated heterocycles. The van der Waals surface area contributed by atoms with Gasteiger partial charge in [0, 0.05) is 6.04 Å². The van der Waals surface area contributed by atoms with E-state index in [1.165, 1.54) is 38.8 Å². The number of hydrogen-bond donors (Lipinski definition) is 0. The van der Waals surface area contributed by atoms with Crippen molar-refractivity contribution < 1.29 is 0 Å². The lowest BCUT2D eigenvalue weighted by atomic mass is 10.1. The molecule has 0 rings (SSSR count). The second kappa shape index (κ2) is 9.04. The zero-order valence-corrected chi connectivity index (χ0v) is 12.4. The Kier molecular flexibility index (Phi) is 9.02. The lowest BCUT2D eigenvalue weighted by molar-refractivity contribution is 0.207. The van der Waals surface area contributed by atoms with Gasteiger partial charge in [-0.2, -0.15) is 0 Å². The van der Waals surface area contributed by atoms with Gasteiger partial charge in [-0.05, 0) is 64.5 Å². The molecule has 0 atom stereocenters. The molecule has 0 amide bonds. The molecule has 0 aliphatic heterocycles. The van der Waals surface area contributed by atoms with Gasteiger partial charge >= 0.3 is 0 Å². The van der Waals surface area contributed by atoms with Crippen LogP contribution in [0.4, 0.5) is 0 Å². The monoisotopic (exact) mass is 227 g/mol. The first-order valence-electron chi connectivity index (χ1n) is 7.17. The van der Waals surface area contributed by atoms with Crippen LogP contribution in [0.1, 0.15) is 67.2 Å². The maximum atomic E-state index is 2.64. The van der Waals surface area contributed by atoms with Crippen LogP contribution in [0.2, 0.25) is 0 Å². The fraction of sp³-hybridized carbons (Fsp3) is 1.00. The summed E-state index contributed by atoms with van der Waals surface area (Å²) in [5, 5.41) is 0. The molecule has 0 aliphatic rings. The van der Waals surface area contributed by atoms with Gasteiger partial charge in [-0.3, -0.25) is 0 Å². The van der Waals surface area contributed by atoms with E-state index >= 15 is 0 Å². The lowest BCUT2D eigenvalue weighted by Crippen LogP contribution is -2.33. The molecule has 0 aliphatic carbocycles. The smallest absolute Gasteiger partial charge is 0.00385 e. The summed E-state index contributed by atoms with van der Waals surface area (Å²) in [6, 6.07) is 0.708. The average molecular weight is 227 g/mol. The highest BCUT2D eigenvalue weighted by atomic mass is 15.1. The maximum Gasteiger partial charge on any atom is 0.00385 e. The summed E-state index contributed by atoms with van der Waals surface area (Å²) >= 11 is 0. The molecule has 0 heterocycles. The van der Waals surface area contributed by atoms with Crippen LogP contribution < -0.4 is 0 Å². The van der Waals surface area contributed by atoms with Crippen molar-refractivity contribution in [3.8, 4) is 0 Å². The van der Waals surface area contributed by atoms with E-state index in [9.17, 15) is 0 Å². The van der Waals surface area contributed by atoms with Crippen molar-refractivity contribution in [1.82, 2.24) is 4.90 Å². The van der Waals surface area contributed by atoms with E-state index in [4.69, 9.17) is 0 Å². The van der Waals surface area contributed by atoms with Crippen molar-refractivity contribution >= 4 is 0 Å². The van der Waals surface area contributed by atoms with Crippen LogP contribution in [0.5, 0.6) is 0 Å². The van der Waals surface area contributed by atoms with Crippen LogP contribution in [0.25, 0.3) is 0 Å². The van der Waals surface area contributed by atoms with Gasteiger partial charge < -0.3 is 4.90 Å². The Morgan fingerprint density at radius 1 is 0.688 bits per heavy atom. The Morgan fingerprint density at radius 3 is 1.31 bits per heavy atom. The zero-order chi connectivity index (χ0) is 12.6. The van der Waals surface area contributed by atoms with Crippen LogP contribution in [0.15, 0.2) is 0 Å². The van der Waals surface area contributed by atoms with Crippen LogP contribution in [-0.4, -0.2) is 24.0 Å². The van der Waals surface area contributed by atoms with Crippen LogP contribution in [0.3, 0.4) is 0 Å². The van der Waals surface area contributed by atoms with Crippen LogP contribution in [-0.2, 0) is 0 Å². The molecule has 0 unspecified atom stereocenters. The highest BCUT2D eigenvalue weighted by Crippen LogP contribution is 2.10. The van der Waals surface area contributed by atoms with E-state index in [1.54, 1.807) is 0 Å². The molecule has 0 aromatic carbocycles. The van der Waals surface area contributed by atoms with E-state index in [0.29, 0.717) is 6.04 Å². The molecule has 0 fully saturated rings. The van der Waals surface area contributed by atoms with Crippen molar-refractivity contribution in [2.75, 3.05) is 13.1 Å². The summed E-state index contributed by atoms with van der Waals surface area (Å²) in [7, 11) is 0. The Hall–Kier alpha value is -0.0400. The summed E-state index contributed by atoms with van der Waals surface area (Å²) in [4.78, 5) is 2.64. The zero-order valence-electron chi connectivity index (χ0n) is 12.4. The summed E-state index contributed by atoms with van der Waals surface area (Å²) in [6.07, 6.45) is 5.45. The third kappa shape index (κ3) is 9.21. The first-order valence-corrected chi connectivity index (χ1v) is 7.17. The Morgan fingerprint density at radius 2 is 1.06 bits per heavy atom. The van der Waals surface area contributed by atoms with Gasteiger partial charge in [-0.25, -0.2) is 0 Å². The second-order valence-corrected chi connectivity index (χ2v) is 6.20. The normalized spacial score (nSPS) is 12.4. The molecule has 98 valence electrons. The van der Waals surface area contributed by atoms with E-state index in [1.807, 2.05) is 0 Å². The van der Waals surface area contributed by atoms with Gasteiger partial charge in [-0.1, -0.05) is 27.7 Å². The number of hydrogen-bond acceptors (Lipinski definition) is 1. The minimum atomic E-state index is 0.708. The summed E-state index contributed by atoms with van der Waals surface area (Å²) in [5.41, 5.74) is 0. The molecule has 0 bridgehead atoms. The largest absolute Gasteiger partial charge is 0.301 e. The number of nitrogens with zero attached hydrogens (tertiary/aromatic N) is 1. The molecule has 0 N–H and O–H groups in total. The molecule has 0 radical (unpaired) electrons. The van der Waals surface area contributed by atoms with Crippen LogP contribution in [0, 0.1) is 11.8 Å². The van der Waals surface area contributed by atoms with Gasteiger partial charge in [0.15, 0.2) is 0 Å². The SMILES string of the molecule is CC(C)CCCN(CCCC(C)C)C(C)C. The molecule has 0 aromatic rings. The summed E-state index contributed by atoms with van der Waals surface area (Å²) < 4.78 is 0. The van der Waals surface area contributed by atoms with E-state index < -0.39 is 0 Å². The van der Waals surface area contributed by atoms with E-state index in [2.05, 4.69) is 46.4 Å². The lowest BCUT2D eigenvalue weighted by Gasteiger charge is -2.27. The molecule has 1 heteroatoms. The molecular weight excluding hydrogens is 194 g/mol. The molecule has 0 aromatic heterocycles. The van der Waals surface area contributed by atoms with Gasteiger partial charge in [0.25, 0.3) is 0 Å². The fourth-order valence-electron chi connectivity index (χ4n) is 2.03. The third-order valence-electron chi connectivity index (χ3n) is 3.18. The summed E-state index contributed by atoms with van der Waals surface area (Å²) in [6.45, 7) is 16.5. The van der Waals surface area contributed by atoms with Crippen molar-refractivity contribution in [2.45, 2.75) is 73.3 Å². The fourth-order valence-corrected chi connectivity index (χ4v) is 2.03. The first-order chi connectivity index (χ1) is 7.43. The Balaban J connectivity index is 3.71. The van der Waals surface area contributed by atoms with Crippen molar-refractivity contribution in [3.05, 3.63) is 0 Å². The number of rotatable bonds is 9. The van der Waals surface area contributed by atoms with Gasteiger partial charge in [0.05, 0.1) is 0 Å². The van der Waals surface area contributed by atoms with Crippen molar-refractivity contribution in [1.29, 1.82) is 0 Å². The minimum Gasteiger partial charge on any atom is -0.301 e. The van der Waals surface area contributed by atoms with Gasteiger partial charge in [-0.15, -0.1) is 0 Å². The quantitative estimate of drug-likeness (QED) is 0.558. The molecule has 0 spiro atoms. The predicted octanol–water partition coefficient (Wildman–Crippen LogP) is 4.57. The van der Waals surface area contributed by atoms with Crippen molar-refractivity contribution in [3.63, 3.8) is 0 Å². The highest BCUT2D eigenvalue weighted by molar-refractivity contribution is 4.64. The maximum absolute atomic E-state index is 2.64. The molecule has 1 nitrogen and oxygen atoms in total. The Bertz CT molecular complexity index is 136. The van der Waals surface area contributed by atoms with E-state index in [0.717, 1.165) is 11.8 Å². The van der Waals surface area contributed by atoms with Gasteiger partial charge in [0.1, 0.15) is 0 Å². The van der Waals surface area contributed by atoms with Gasteiger partial charge in [0.2, 0.25) is 0 Å². The topological polar surface area (TPSA) is 3.24 Å². The molecular formula is C15H33N. The standard InChI is InChI=1S/C15H33N/c1-13(2)9-7-11-16(15(5)6)12-8-10-14(3)4/h13-15H,7-12H2,1-6H3. The minimum absolute atomic E-state index is 0.708. The molecule has 16 heavy (non-hydrogen) atoms. The average Bonchev–Trinajstić information content (AvgIpc) is 2.14. The van der Waals surface area contributed by atoms with Crippen LogP contribution >= 0.6 is 0 Å².